The Morgan fingerprint density at radius 2 is 1.93 bits per heavy atom. The van der Waals surface area contributed by atoms with E-state index < -0.39 is 0 Å². The molecule has 2 aliphatic rings. The maximum absolute atomic E-state index is 12.6. The van der Waals surface area contributed by atoms with E-state index in [-0.39, 0.29) is 24.0 Å². The number of carbonyl (C=O) groups is 1. The Morgan fingerprint density at radius 1 is 1.20 bits per heavy atom. The van der Waals surface area contributed by atoms with Crippen LogP contribution in [0.2, 0.25) is 0 Å². The van der Waals surface area contributed by atoms with Crippen molar-refractivity contribution in [1.82, 2.24) is 9.88 Å². The molecule has 3 heterocycles. The Balaban J connectivity index is 1.70. The van der Waals surface area contributed by atoms with Crippen molar-refractivity contribution < 1.29 is 14.3 Å². The molecule has 1 saturated heterocycles. The maximum atomic E-state index is 12.6. The molecule has 1 fully saturated rings. The van der Waals surface area contributed by atoms with Gasteiger partial charge < -0.3 is 14.4 Å². The summed E-state index contributed by atoms with van der Waals surface area (Å²) < 4.78 is 11.9. The van der Waals surface area contributed by atoms with Gasteiger partial charge in [-0.15, -0.1) is 0 Å². The van der Waals surface area contributed by atoms with E-state index in [4.69, 9.17) is 14.5 Å². The standard InChI is InChI=1S/C24H27N3O3/c1-24(2)13-18-19(14-25)23(29-16-21(28)27-11-7-4-8-12-27)26-22(20(18)15-30-24)17-9-5-3-6-10-17/h3,5-6,9-10H,4,7-8,11-13,15-16H2,1-2H3. The second-order valence-electron chi connectivity index (χ2n) is 8.53. The van der Waals surface area contributed by atoms with E-state index in [9.17, 15) is 10.1 Å². The maximum Gasteiger partial charge on any atom is 0.260 e. The molecule has 2 aliphatic heterocycles. The van der Waals surface area contributed by atoms with Crippen molar-refractivity contribution in [2.75, 3.05) is 19.7 Å². The highest BCUT2D eigenvalue weighted by Crippen LogP contribution is 2.38. The zero-order valence-corrected chi connectivity index (χ0v) is 17.6. The van der Waals surface area contributed by atoms with Gasteiger partial charge in [0, 0.05) is 30.6 Å². The SMILES string of the molecule is CC1(C)Cc2c(C#N)c(OCC(=O)N3CCCCC3)nc(-c3ccccc3)c2CO1. The number of likely N-dealkylation sites (tertiary alicyclic amines) is 1. The van der Waals surface area contributed by atoms with E-state index in [1.54, 1.807) is 0 Å². The highest BCUT2D eigenvalue weighted by molar-refractivity contribution is 5.78. The van der Waals surface area contributed by atoms with Gasteiger partial charge in [0.15, 0.2) is 6.61 Å². The molecule has 156 valence electrons. The summed E-state index contributed by atoms with van der Waals surface area (Å²) >= 11 is 0. The molecular formula is C24H27N3O3. The van der Waals surface area contributed by atoms with Crippen molar-refractivity contribution in [1.29, 1.82) is 5.26 Å². The fourth-order valence-corrected chi connectivity index (χ4v) is 4.16. The lowest BCUT2D eigenvalue weighted by atomic mass is 9.87. The lowest BCUT2D eigenvalue weighted by Gasteiger charge is -2.33. The Hall–Kier alpha value is -2.91. The van der Waals surface area contributed by atoms with Crippen LogP contribution >= 0.6 is 0 Å². The predicted molar refractivity (Wildman–Crippen MR) is 113 cm³/mol. The fourth-order valence-electron chi connectivity index (χ4n) is 4.16. The van der Waals surface area contributed by atoms with Crippen LogP contribution in [0.5, 0.6) is 5.88 Å². The summed E-state index contributed by atoms with van der Waals surface area (Å²) in [6.07, 6.45) is 3.80. The number of pyridine rings is 1. The average Bonchev–Trinajstić information content (AvgIpc) is 2.77. The molecule has 0 atom stereocenters. The smallest absolute Gasteiger partial charge is 0.260 e. The fraction of sp³-hybridized carbons (Fsp3) is 0.458. The molecular weight excluding hydrogens is 378 g/mol. The van der Waals surface area contributed by atoms with Crippen molar-refractivity contribution >= 4 is 5.91 Å². The number of benzene rings is 1. The Labute approximate surface area is 177 Å². The summed E-state index contributed by atoms with van der Waals surface area (Å²) in [4.78, 5) is 19.1. The van der Waals surface area contributed by atoms with Crippen molar-refractivity contribution in [3.63, 3.8) is 0 Å². The van der Waals surface area contributed by atoms with Gasteiger partial charge in [0.2, 0.25) is 5.88 Å². The first-order chi connectivity index (χ1) is 14.5. The van der Waals surface area contributed by atoms with Gasteiger partial charge in [-0.25, -0.2) is 4.98 Å². The molecule has 0 bridgehead atoms. The number of piperidine rings is 1. The van der Waals surface area contributed by atoms with Gasteiger partial charge in [0.05, 0.1) is 17.9 Å². The number of rotatable bonds is 4. The molecule has 6 heteroatoms. The summed E-state index contributed by atoms with van der Waals surface area (Å²) in [6, 6.07) is 12.1. The third-order valence-electron chi connectivity index (χ3n) is 5.79. The number of amides is 1. The zero-order chi connectivity index (χ0) is 21.1. The molecule has 0 N–H and O–H groups in total. The number of hydrogen-bond acceptors (Lipinski definition) is 5. The lowest BCUT2D eigenvalue weighted by molar-refractivity contribution is -0.134. The van der Waals surface area contributed by atoms with Gasteiger partial charge in [-0.1, -0.05) is 30.3 Å². The molecule has 0 saturated carbocycles. The first-order valence-corrected chi connectivity index (χ1v) is 10.5. The van der Waals surface area contributed by atoms with Gasteiger partial charge in [-0.05, 0) is 38.7 Å². The normalized spacial score (nSPS) is 17.7. The van der Waals surface area contributed by atoms with E-state index in [0.29, 0.717) is 18.6 Å². The Morgan fingerprint density at radius 3 is 2.63 bits per heavy atom. The summed E-state index contributed by atoms with van der Waals surface area (Å²) in [5.74, 6) is 0.182. The highest BCUT2D eigenvalue weighted by atomic mass is 16.5. The molecule has 1 aromatic carbocycles. The molecule has 0 unspecified atom stereocenters. The van der Waals surface area contributed by atoms with E-state index >= 15 is 0 Å². The number of carbonyl (C=O) groups excluding carboxylic acids is 1. The lowest BCUT2D eigenvalue weighted by Crippen LogP contribution is -2.38. The van der Waals surface area contributed by atoms with Gasteiger partial charge in [0.25, 0.3) is 5.91 Å². The van der Waals surface area contributed by atoms with Crippen molar-refractivity contribution in [3.8, 4) is 23.2 Å². The minimum Gasteiger partial charge on any atom is -0.467 e. The van der Waals surface area contributed by atoms with Crippen LogP contribution in [-0.2, 0) is 22.6 Å². The molecule has 30 heavy (non-hydrogen) atoms. The molecule has 1 amide bonds. The van der Waals surface area contributed by atoms with Crippen LogP contribution in [0.25, 0.3) is 11.3 Å². The number of nitrogens with zero attached hydrogens (tertiary/aromatic N) is 3. The van der Waals surface area contributed by atoms with Crippen LogP contribution in [0, 0.1) is 11.3 Å². The quantitative estimate of drug-likeness (QED) is 0.772. The molecule has 6 nitrogen and oxygen atoms in total. The minimum absolute atomic E-state index is 0.0527. The first kappa shape index (κ1) is 20.4. The zero-order valence-electron chi connectivity index (χ0n) is 17.6. The molecule has 0 spiro atoms. The Bertz CT molecular complexity index is 973. The summed E-state index contributed by atoms with van der Waals surface area (Å²) in [7, 11) is 0. The Kier molecular flexibility index (Phi) is 5.74. The average molecular weight is 405 g/mol. The van der Waals surface area contributed by atoms with Crippen LogP contribution in [-0.4, -0.2) is 41.1 Å². The molecule has 4 rings (SSSR count). The number of aromatic nitrogens is 1. The van der Waals surface area contributed by atoms with Crippen molar-refractivity contribution in [2.24, 2.45) is 0 Å². The largest absolute Gasteiger partial charge is 0.467 e. The van der Waals surface area contributed by atoms with E-state index in [1.807, 2.05) is 49.1 Å². The number of hydrogen-bond donors (Lipinski definition) is 0. The van der Waals surface area contributed by atoms with Crippen LogP contribution in [0.15, 0.2) is 30.3 Å². The third kappa shape index (κ3) is 4.17. The van der Waals surface area contributed by atoms with E-state index in [1.165, 1.54) is 0 Å². The summed E-state index contributed by atoms with van der Waals surface area (Å²) in [5.41, 5.74) is 3.55. The van der Waals surface area contributed by atoms with Gasteiger partial charge in [0.1, 0.15) is 11.6 Å². The topological polar surface area (TPSA) is 75.5 Å². The molecule has 1 aromatic heterocycles. The van der Waals surface area contributed by atoms with Gasteiger partial charge in [-0.3, -0.25) is 4.79 Å². The van der Waals surface area contributed by atoms with E-state index in [0.717, 1.165) is 54.7 Å². The van der Waals surface area contributed by atoms with Crippen LogP contribution < -0.4 is 4.74 Å². The monoisotopic (exact) mass is 405 g/mol. The van der Waals surface area contributed by atoms with Crippen molar-refractivity contribution in [3.05, 3.63) is 47.0 Å². The second kappa shape index (κ2) is 8.45. The van der Waals surface area contributed by atoms with Crippen LogP contribution in [0.3, 0.4) is 0 Å². The second-order valence-corrected chi connectivity index (χ2v) is 8.53. The molecule has 0 radical (unpaired) electrons. The minimum atomic E-state index is -0.380. The van der Waals surface area contributed by atoms with Gasteiger partial charge >= 0.3 is 0 Å². The summed E-state index contributed by atoms with van der Waals surface area (Å²) in [5, 5.41) is 9.91. The van der Waals surface area contributed by atoms with Crippen LogP contribution in [0.4, 0.5) is 0 Å². The van der Waals surface area contributed by atoms with Crippen LogP contribution in [0.1, 0.15) is 49.8 Å². The van der Waals surface area contributed by atoms with Gasteiger partial charge in [-0.2, -0.15) is 5.26 Å². The number of ether oxygens (including phenoxy) is 2. The number of nitriles is 1. The molecule has 2 aromatic rings. The first-order valence-electron chi connectivity index (χ1n) is 10.5. The summed E-state index contributed by atoms with van der Waals surface area (Å²) in [6.45, 7) is 5.85. The highest BCUT2D eigenvalue weighted by Gasteiger charge is 2.33. The van der Waals surface area contributed by atoms with E-state index in [2.05, 4.69) is 6.07 Å². The molecule has 0 aliphatic carbocycles. The predicted octanol–water partition coefficient (Wildman–Crippen LogP) is 3.86. The third-order valence-corrected chi connectivity index (χ3v) is 5.79. The number of fused-ring (bicyclic) bond motifs is 1. The van der Waals surface area contributed by atoms with Crippen molar-refractivity contribution in [2.45, 2.75) is 51.7 Å².